The molecule has 6 heteroatoms. The average molecular weight is 323 g/mol. The number of rotatable bonds is 4. The number of carbonyl (C=O) groups is 1. The van der Waals surface area contributed by atoms with E-state index in [0.29, 0.717) is 12.1 Å². The Kier molecular flexibility index (Phi) is 6.14. The zero-order chi connectivity index (χ0) is 15.5. The molecule has 1 amide bonds. The standard InChI is InChI=1S/C16H22N4O.ClH/c1-16(2,3)20-11-13(9-19-20)15(21)18-10-14(17)12-7-5-4-6-8-12;/h4-9,11,14H,10,17H2,1-3H3,(H,18,21);1H. The first-order valence-electron chi connectivity index (χ1n) is 7.02. The number of nitrogens with two attached hydrogens (primary N) is 1. The summed E-state index contributed by atoms with van der Waals surface area (Å²) in [5, 5.41) is 7.06. The van der Waals surface area contributed by atoms with Gasteiger partial charge in [-0.15, -0.1) is 12.4 Å². The number of carbonyl (C=O) groups excluding carboxylic acids is 1. The number of amides is 1. The van der Waals surface area contributed by atoms with Crippen LogP contribution in [-0.2, 0) is 5.54 Å². The molecule has 0 aliphatic carbocycles. The normalized spacial score (nSPS) is 12.4. The highest BCUT2D eigenvalue weighted by molar-refractivity contribution is 5.93. The molecule has 0 spiro atoms. The van der Waals surface area contributed by atoms with Gasteiger partial charge in [-0.05, 0) is 26.3 Å². The maximum absolute atomic E-state index is 12.1. The van der Waals surface area contributed by atoms with Gasteiger partial charge < -0.3 is 11.1 Å². The van der Waals surface area contributed by atoms with Crippen LogP contribution in [0.5, 0.6) is 0 Å². The van der Waals surface area contributed by atoms with Gasteiger partial charge in [0.1, 0.15) is 0 Å². The van der Waals surface area contributed by atoms with Crippen molar-refractivity contribution in [1.29, 1.82) is 0 Å². The Morgan fingerprint density at radius 1 is 1.32 bits per heavy atom. The van der Waals surface area contributed by atoms with Gasteiger partial charge in [0.05, 0.1) is 17.3 Å². The maximum Gasteiger partial charge on any atom is 0.254 e. The van der Waals surface area contributed by atoms with Crippen molar-refractivity contribution in [3.05, 3.63) is 53.9 Å². The molecule has 1 unspecified atom stereocenters. The smallest absolute Gasteiger partial charge is 0.254 e. The fraction of sp³-hybridized carbons (Fsp3) is 0.375. The predicted octanol–water partition coefficient (Wildman–Crippen LogP) is 2.49. The molecule has 1 aromatic heterocycles. The summed E-state index contributed by atoms with van der Waals surface area (Å²) in [6, 6.07) is 9.50. The van der Waals surface area contributed by atoms with Crippen molar-refractivity contribution in [3.63, 3.8) is 0 Å². The Bertz CT molecular complexity index is 604. The molecule has 1 heterocycles. The zero-order valence-electron chi connectivity index (χ0n) is 13.1. The largest absolute Gasteiger partial charge is 0.350 e. The minimum Gasteiger partial charge on any atom is -0.350 e. The Morgan fingerprint density at radius 2 is 1.95 bits per heavy atom. The van der Waals surface area contributed by atoms with E-state index in [1.807, 2.05) is 51.1 Å². The molecule has 3 N–H and O–H groups in total. The first-order chi connectivity index (χ1) is 9.88. The van der Waals surface area contributed by atoms with E-state index >= 15 is 0 Å². The van der Waals surface area contributed by atoms with Crippen molar-refractivity contribution < 1.29 is 4.79 Å². The lowest BCUT2D eigenvalue weighted by molar-refractivity contribution is 0.0951. The second-order valence-corrected chi connectivity index (χ2v) is 6.07. The van der Waals surface area contributed by atoms with Crippen LogP contribution in [0.15, 0.2) is 42.7 Å². The zero-order valence-corrected chi connectivity index (χ0v) is 13.9. The first kappa shape index (κ1) is 18.2. The predicted molar refractivity (Wildman–Crippen MR) is 90.2 cm³/mol. The molecular formula is C16H23ClN4O. The van der Waals surface area contributed by atoms with Crippen LogP contribution in [0.1, 0.15) is 42.7 Å². The van der Waals surface area contributed by atoms with Crippen molar-refractivity contribution in [2.24, 2.45) is 5.73 Å². The van der Waals surface area contributed by atoms with Gasteiger partial charge in [-0.3, -0.25) is 9.48 Å². The van der Waals surface area contributed by atoms with Gasteiger partial charge in [0.2, 0.25) is 0 Å². The molecule has 0 saturated carbocycles. The van der Waals surface area contributed by atoms with E-state index in [1.165, 1.54) is 0 Å². The molecule has 0 saturated heterocycles. The average Bonchev–Trinajstić information content (AvgIpc) is 2.95. The number of halogens is 1. The third kappa shape index (κ3) is 4.58. The summed E-state index contributed by atoms with van der Waals surface area (Å²) in [5.74, 6) is -0.156. The van der Waals surface area contributed by atoms with Gasteiger partial charge in [-0.25, -0.2) is 0 Å². The number of hydrogen-bond donors (Lipinski definition) is 2. The third-order valence-corrected chi connectivity index (χ3v) is 3.24. The summed E-state index contributed by atoms with van der Waals surface area (Å²) in [4.78, 5) is 12.1. The topological polar surface area (TPSA) is 72.9 Å². The molecule has 5 nitrogen and oxygen atoms in total. The Hall–Kier alpha value is -1.85. The van der Waals surface area contributed by atoms with Crippen molar-refractivity contribution >= 4 is 18.3 Å². The van der Waals surface area contributed by atoms with E-state index in [1.54, 1.807) is 17.1 Å². The summed E-state index contributed by atoms with van der Waals surface area (Å²) in [6.45, 7) is 6.50. The second kappa shape index (κ2) is 7.42. The number of benzene rings is 1. The van der Waals surface area contributed by atoms with Gasteiger partial charge in [0.25, 0.3) is 5.91 Å². The minimum atomic E-state index is -0.215. The Labute approximate surface area is 137 Å². The second-order valence-electron chi connectivity index (χ2n) is 6.07. The lowest BCUT2D eigenvalue weighted by Crippen LogP contribution is -2.31. The van der Waals surface area contributed by atoms with Gasteiger partial charge in [0.15, 0.2) is 0 Å². The Balaban J connectivity index is 0.00000242. The molecule has 0 bridgehead atoms. The van der Waals surface area contributed by atoms with Crippen LogP contribution in [0.2, 0.25) is 0 Å². The fourth-order valence-electron chi connectivity index (χ4n) is 1.93. The summed E-state index contributed by atoms with van der Waals surface area (Å²) in [6.07, 6.45) is 3.33. The van der Waals surface area contributed by atoms with Crippen molar-refractivity contribution in [2.45, 2.75) is 32.4 Å². The molecule has 1 aromatic carbocycles. The number of hydrogen-bond acceptors (Lipinski definition) is 3. The Morgan fingerprint density at radius 3 is 2.50 bits per heavy atom. The van der Waals surface area contributed by atoms with E-state index in [0.717, 1.165) is 5.56 Å². The van der Waals surface area contributed by atoms with Crippen LogP contribution in [0.4, 0.5) is 0 Å². The van der Waals surface area contributed by atoms with E-state index in [4.69, 9.17) is 5.73 Å². The van der Waals surface area contributed by atoms with Crippen molar-refractivity contribution in [1.82, 2.24) is 15.1 Å². The summed E-state index contributed by atoms with van der Waals surface area (Å²) >= 11 is 0. The van der Waals surface area contributed by atoms with Crippen LogP contribution < -0.4 is 11.1 Å². The van der Waals surface area contributed by atoms with Crippen LogP contribution in [0.25, 0.3) is 0 Å². The molecule has 120 valence electrons. The highest BCUT2D eigenvalue weighted by atomic mass is 35.5. The van der Waals surface area contributed by atoms with Gasteiger partial charge in [-0.2, -0.15) is 5.10 Å². The van der Waals surface area contributed by atoms with Crippen molar-refractivity contribution in [2.75, 3.05) is 6.54 Å². The number of nitrogens with one attached hydrogen (secondary N) is 1. The van der Waals surface area contributed by atoms with Gasteiger partial charge >= 0.3 is 0 Å². The third-order valence-electron chi connectivity index (χ3n) is 3.24. The maximum atomic E-state index is 12.1. The monoisotopic (exact) mass is 322 g/mol. The van der Waals surface area contributed by atoms with Crippen LogP contribution >= 0.6 is 12.4 Å². The van der Waals surface area contributed by atoms with Crippen LogP contribution in [0, 0.1) is 0 Å². The number of aromatic nitrogens is 2. The van der Waals surface area contributed by atoms with E-state index < -0.39 is 0 Å². The molecule has 22 heavy (non-hydrogen) atoms. The molecule has 0 radical (unpaired) electrons. The minimum absolute atomic E-state index is 0. The molecular weight excluding hydrogens is 300 g/mol. The molecule has 2 rings (SSSR count). The molecule has 0 fully saturated rings. The van der Waals surface area contributed by atoms with E-state index in [2.05, 4.69) is 10.4 Å². The fourth-order valence-corrected chi connectivity index (χ4v) is 1.93. The summed E-state index contributed by atoms with van der Waals surface area (Å²) < 4.78 is 1.78. The highest BCUT2D eigenvalue weighted by Gasteiger charge is 2.17. The molecule has 1 atom stereocenters. The lowest BCUT2D eigenvalue weighted by atomic mass is 10.1. The molecule has 0 aliphatic heterocycles. The van der Waals surface area contributed by atoms with Crippen LogP contribution in [-0.4, -0.2) is 22.2 Å². The van der Waals surface area contributed by atoms with E-state index in [9.17, 15) is 4.79 Å². The number of nitrogens with zero attached hydrogens (tertiary/aromatic N) is 2. The van der Waals surface area contributed by atoms with Gasteiger partial charge in [0, 0.05) is 18.8 Å². The van der Waals surface area contributed by atoms with Gasteiger partial charge in [-0.1, -0.05) is 30.3 Å². The molecule has 0 aliphatic rings. The molecule has 2 aromatic rings. The summed E-state index contributed by atoms with van der Waals surface area (Å²) in [5.41, 5.74) is 7.47. The van der Waals surface area contributed by atoms with E-state index in [-0.39, 0.29) is 29.9 Å². The summed E-state index contributed by atoms with van der Waals surface area (Å²) in [7, 11) is 0. The highest BCUT2D eigenvalue weighted by Crippen LogP contribution is 2.13. The van der Waals surface area contributed by atoms with Crippen LogP contribution in [0.3, 0.4) is 0 Å². The van der Waals surface area contributed by atoms with Crippen molar-refractivity contribution in [3.8, 4) is 0 Å². The lowest BCUT2D eigenvalue weighted by Gasteiger charge is -2.18. The SMILES string of the molecule is CC(C)(C)n1cc(C(=O)NCC(N)c2ccccc2)cn1.Cl. The quantitative estimate of drug-likeness (QED) is 0.908. The first-order valence-corrected chi connectivity index (χ1v) is 7.02.